The Bertz CT molecular complexity index is 1850. The number of hydrogen-bond acceptors (Lipinski definition) is 4. The van der Waals surface area contributed by atoms with Crippen molar-refractivity contribution >= 4 is 33.4 Å². The monoisotopic (exact) mass is 750 g/mol. The molecule has 2 heterocycles. The molecule has 2 aromatic heterocycles. The molecular formula is C36H48IrN3O2-. The van der Waals surface area contributed by atoms with Gasteiger partial charge in [-0.2, -0.15) is 0 Å². The zero-order valence-corrected chi connectivity index (χ0v) is 29.9. The summed E-state index contributed by atoms with van der Waals surface area (Å²) in [6.45, 7) is 26.6. The molecule has 0 saturated carbocycles. The third kappa shape index (κ3) is 6.36. The number of ketones is 1. The maximum Gasteiger partial charge on any atom is 0.164 e. The normalized spacial score (nSPS) is 17.6. The Hall–Kier alpha value is -2.56. The fourth-order valence-electron chi connectivity index (χ4n) is 5.69. The van der Waals surface area contributed by atoms with Gasteiger partial charge in [0.1, 0.15) is 11.6 Å². The van der Waals surface area contributed by atoms with Gasteiger partial charge in [0, 0.05) is 45.2 Å². The van der Waals surface area contributed by atoms with Gasteiger partial charge in [-0.05, 0) is 47.4 Å². The van der Waals surface area contributed by atoms with E-state index in [0.717, 1.165) is 23.3 Å². The number of carbonyl (C=O) groups is 1. The van der Waals surface area contributed by atoms with Crippen LogP contribution in [0, 0.1) is 16.9 Å². The number of hydrogen-bond donors (Lipinski definition) is 1. The van der Waals surface area contributed by atoms with Gasteiger partial charge >= 0.3 is 0 Å². The number of aliphatic hydroxyl groups is 1. The minimum atomic E-state index is -0.417. The molecule has 4 aromatic rings. The first-order valence-electron chi connectivity index (χ1n) is 15.9. The second-order valence-electron chi connectivity index (χ2n) is 15.9. The summed E-state index contributed by atoms with van der Waals surface area (Å²) >= 11 is 0. The van der Waals surface area contributed by atoms with Crippen molar-refractivity contribution in [1.29, 1.82) is 0 Å². The molecule has 2 aromatic carbocycles. The van der Waals surface area contributed by atoms with E-state index in [1.165, 1.54) is 17.2 Å². The second-order valence-corrected chi connectivity index (χ2v) is 15.9. The van der Waals surface area contributed by atoms with E-state index in [-0.39, 0.29) is 71.4 Å². The minimum Gasteiger partial charge on any atom is -0.512 e. The molecule has 1 aliphatic rings. The van der Waals surface area contributed by atoms with Gasteiger partial charge < -0.3 is 9.51 Å². The zero-order chi connectivity index (χ0) is 33.5. The Kier molecular flexibility index (Phi) is 7.63. The third-order valence-electron chi connectivity index (χ3n) is 7.90. The number of aliphatic hydroxyl groups excluding tert-OH is 1. The number of fused-ring (bicyclic) bond motifs is 6. The van der Waals surface area contributed by atoms with Gasteiger partial charge in [0.15, 0.2) is 5.78 Å². The van der Waals surface area contributed by atoms with E-state index >= 15 is 0 Å². The van der Waals surface area contributed by atoms with Crippen LogP contribution in [0.25, 0.3) is 27.6 Å². The van der Waals surface area contributed by atoms with Crippen molar-refractivity contribution < 1.29 is 34.1 Å². The van der Waals surface area contributed by atoms with Crippen molar-refractivity contribution in [1.82, 2.24) is 14.4 Å². The first-order chi connectivity index (χ1) is 19.8. The van der Waals surface area contributed by atoms with Gasteiger partial charge in [-0.25, -0.2) is 0 Å². The van der Waals surface area contributed by atoms with Crippen LogP contribution in [0.5, 0.6) is 0 Å². The summed E-state index contributed by atoms with van der Waals surface area (Å²) in [5.41, 5.74) is 4.70. The number of allylic oxidation sites excluding steroid dienone is 2. The molecule has 0 atom stereocenters. The first kappa shape index (κ1) is 29.5. The van der Waals surface area contributed by atoms with Gasteiger partial charge in [-0.3, -0.25) is 14.8 Å². The predicted molar refractivity (Wildman–Crippen MR) is 171 cm³/mol. The Balaban J connectivity index is 0.000000338. The third-order valence-corrected chi connectivity index (χ3v) is 7.90. The topological polar surface area (TPSA) is 67.5 Å². The number of benzene rings is 2. The van der Waals surface area contributed by atoms with Crippen LogP contribution in [-0.4, -0.2) is 25.3 Å². The largest absolute Gasteiger partial charge is 0.512 e. The Morgan fingerprint density at radius 3 is 2.05 bits per heavy atom. The SMILES string of the molecule is CC(C)(C)C(=O)C=C(O)C(C)(C)C.[2H]c1[c-]c2c(nc(C(C)(C)C)n3c4cc5c(cc4nc23)C(C)(C)CC5(C)C)c([2H])c1[2H].[Ir]. The molecule has 0 bridgehead atoms. The maximum absolute atomic E-state index is 11.5. The van der Waals surface area contributed by atoms with Crippen molar-refractivity contribution in [3.05, 3.63) is 65.1 Å². The quantitative estimate of drug-likeness (QED) is 0.120. The Labute approximate surface area is 269 Å². The second kappa shape index (κ2) is 10.9. The average molecular weight is 750 g/mol. The van der Waals surface area contributed by atoms with Crippen molar-refractivity contribution in [2.45, 2.75) is 113 Å². The van der Waals surface area contributed by atoms with Crippen molar-refractivity contribution in [2.75, 3.05) is 0 Å². The molecule has 0 spiro atoms. The van der Waals surface area contributed by atoms with Gasteiger partial charge in [0.25, 0.3) is 0 Å². The van der Waals surface area contributed by atoms with E-state index < -0.39 is 5.41 Å². The van der Waals surface area contributed by atoms with E-state index in [1.54, 1.807) is 0 Å². The Morgan fingerprint density at radius 2 is 1.52 bits per heavy atom. The van der Waals surface area contributed by atoms with Crippen LogP contribution in [-0.2, 0) is 41.1 Å². The van der Waals surface area contributed by atoms with E-state index in [1.807, 2.05) is 41.5 Å². The summed E-state index contributed by atoms with van der Waals surface area (Å²) < 4.78 is 26.7. The van der Waals surface area contributed by atoms with E-state index in [9.17, 15) is 9.90 Å². The molecule has 0 saturated heterocycles. The summed E-state index contributed by atoms with van der Waals surface area (Å²) in [6.07, 6.45) is 2.42. The summed E-state index contributed by atoms with van der Waals surface area (Å²) in [5.74, 6) is 0.902. The predicted octanol–water partition coefficient (Wildman–Crippen LogP) is 9.18. The minimum absolute atomic E-state index is 0. The van der Waals surface area contributed by atoms with E-state index in [4.69, 9.17) is 14.1 Å². The van der Waals surface area contributed by atoms with Crippen molar-refractivity contribution in [3.8, 4) is 0 Å². The smallest absolute Gasteiger partial charge is 0.164 e. The Morgan fingerprint density at radius 1 is 0.952 bits per heavy atom. The van der Waals surface area contributed by atoms with Crippen LogP contribution in [0.1, 0.15) is 117 Å². The molecule has 0 aliphatic heterocycles. The van der Waals surface area contributed by atoms with Crippen molar-refractivity contribution in [2.24, 2.45) is 10.8 Å². The molecule has 1 radical (unpaired) electrons. The van der Waals surface area contributed by atoms with Crippen molar-refractivity contribution in [3.63, 3.8) is 0 Å². The van der Waals surface area contributed by atoms with Gasteiger partial charge in [-0.1, -0.05) is 95.4 Å². The number of nitrogens with zero attached hydrogens (tertiary/aromatic N) is 3. The zero-order valence-electron chi connectivity index (χ0n) is 30.5. The maximum atomic E-state index is 11.5. The molecule has 229 valence electrons. The van der Waals surface area contributed by atoms with Crippen LogP contribution in [0.2, 0.25) is 0 Å². The molecular weight excluding hydrogens is 699 g/mol. The van der Waals surface area contributed by atoms with E-state index in [0.29, 0.717) is 16.6 Å². The first-order valence-corrected chi connectivity index (χ1v) is 14.4. The summed E-state index contributed by atoms with van der Waals surface area (Å²) in [5, 5.41) is 10.1. The fourth-order valence-corrected chi connectivity index (χ4v) is 5.69. The van der Waals surface area contributed by atoms with Crippen LogP contribution in [0.15, 0.2) is 42.1 Å². The fraction of sp³-hybridized carbons (Fsp3) is 0.528. The van der Waals surface area contributed by atoms with Crippen LogP contribution >= 0.6 is 0 Å². The molecule has 1 N–H and O–H groups in total. The number of rotatable bonds is 1. The number of imidazole rings is 1. The van der Waals surface area contributed by atoms with Crippen LogP contribution in [0.3, 0.4) is 0 Å². The van der Waals surface area contributed by atoms with Gasteiger partial charge in [0.2, 0.25) is 0 Å². The summed E-state index contributed by atoms with van der Waals surface area (Å²) in [6, 6.07) is 7.18. The molecule has 5 nitrogen and oxygen atoms in total. The molecule has 1 aliphatic carbocycles. The number of carbonyl (C=O) groups excluding carboxylic acids is 1. The van der Waals surface area contributed by atoms with Gasteiger partial charge in [0.05, 0.1) is 16.7 Å². The molecule has 0 unspecified atom stereocenters. The molecule has 0 amide bonds. The average Bonchev–Trinajstić information content (AvgIpc) is 3.31. The van der Waals surface area contributed by atoms with Crippen LogP contribution in [0.4, 0.5) is 0 Å². The standard InChI is InChI=1S/C25H28N3.C11H20O2.Ir/c1-23(2,3)22-27-18-11-9-8-10-15(18)21-26-19-12-16-17(13-20(19)28(21)22)25(6,7)14-24(16,4)5;1-10(2,3)8(12)7-9(13)11(4,5)6;/h8-9,11-13H,14H2,1-7H3;7,12H,1-6H3;/q-1;;/i8D,9D,11D;;. The molecule has 42 heavy (non-hydrogen) atoms. The summed E-state index contributed by atoms with van der Waals surface area (Å²) in [7, 11) is 0. The molecule has 5 rings (SSSR count). The van der Waals surface area contributed by atoms with Crippen LogP contribution < -0.4 is 0 Å². The van der Waals surface area contributed by atoms with Gasteiger partial charge in [-0.15, -0.1) is 24.2 Å². The molecule has 0 fully saturated rings. The van der Waals surface area contributed by atoms with E-state index in [2.05, 4.69) is 71.1 Å². The molecule has 6 heteroatoms. The number of aromatic nitrogens is 3. The summed E-state index contributed by atoms with van der Waals surface area (Å²) in [4.78, 5) is 21.3.